The van der Waals surface area contributed by atoms with Crippen molar-refractivity contribution in [2.24, 2.45) is 0 Å². The molecule has 0 radical (unpaired) electrons. The molecule has 0 bridgehead atoms. The molecular formula is C19H19ClN8O2S. The van der Waals surface area contributed by atoms with Crippen LogP contribution in [0.1, 0.15) is 37.9 Å². The van der Waals surface area contributed by atoms with Crippen molar-refractivity contribution in [3.63, 3.8) is 0 Å². The van der Waals surface area contributed by atoms with E-state index in [1.54, 1.807) is 18.5 Å². The second-order valence-electron chi connectivity index (χ2n) is 7.06. The minimum Gasteiger partial charge on any atom is -0.300 e. The quantitative estimate of drug-likeness (QED) is 0.627. The minimum atomic E-state index is -0.944. The maximum absolute atomic E-state index is 12.8. The van der Waals surface area contributed by atoms with Crippen molar-refractivity contribution >= 4 is 45.7 Å². The SMILES string of the molecule is CC(=O)N(c1c(C#N)cnn1-c1nn2c(c1Cl)CCCC2)C(C)C(=O)Nc1nccs1. The van der Waals surface area contributed by atoms with Gasteiger partial charge < -0.3 is 5.32 Å². The highest BCUT2D eigenvalue weighted by molar-refractivity contribution is 7.13. The van der Waals surface area contributed by atoms with Crippen LogP contribution in [0, 0.1) is 11.3 Å². The average molecular weight is 459 g/mol. The van der Waals surface area contributed by atoms with Gasteiger partial charge in [0, 0.05) is 25.0 Å². The molecule has 31 heavy (non-hydrogen) atoms. The standard InChI is InChI=1S/C19H19ClN8O2S/c1-11(17(30)24-19-22-6-8-31-19)27(12(2)29)18-13(9-21)10-23-28(18)16-15(20)14-5-3-4-7-26(14)25-16/h6,8,10-11H,3-5,7H2,1-2H3,(H,22,24,30). The number of carbonyl (C=O) groups is 2. The Hall–Kier alpha value is -3.23. The number of rotatable bonds is 5. The molecule has 3 aromatic heterocycles. The number of hydrogen-bond donors (Lipinski definition) is 1. The van der Waals surface area contributed by atoms with E-state index in [0.717, 1.165) is 31.5 Å². The van der Waals surface area contributed by atoms with Crippen molar-refractivity contribution in [3.05, 3.63) is 34.1 Å². The van der Waals surface area contributed by atoms with E-state index in [9.17, 15) is 14.9 Å². The van der Waals surface area contributed by atoms with Crippen molar-refractivity contribution in [2.75, 3.05) is 10.2 Å². The molecule has 1 atom stereocenters. The van der Waals surface area contributed by atoms with Crippen LogP contribution >= 0.6 is 22.9 Å². The van der Waals surface area contributed by atoms with Crippen molar-refractivity contribution in [2.45, 2.75) is 45.7 Å². The molecule has 0 aromatic carbocycles. The molecule has 1 N–H and O–H groups in total. The molecule has 4 heterocycles. The first-order chi connectivity index (χ1) is 14.9. The molecule has 1 aliphatic heterocycles. The summed E-state index contributed by atoms with van der Waals surface area (Å²) in [5.41, 5.74) is 1.03. The van der Waals surface area contributed by atoms with E-state index in [-0.39, 0.29) is 11.4 Å². The lowest BCUT2D eigenvalue weighted by molar-refractivity contribution is -0.122. The van der Waals surface area contributed by atoms with Crippen LogP contribution in [0.4, 0.5) is 10.9 Å². The van der Waals surface area contributed by atoms with Gasteiger partial charge in [-0.3, -0.25) is 19.2 Å². The fraction of sp³-hybridized carbons (Fsp3) is 0.368. The van der Waals surface area contributed by atoms with Gasteiger partial charge in [0.15, 0.2) is 16.8 Å². The fourth-order valence-corrected chi connectivity index (χ4v) is 4.44. The summed E-state index contributed by atoms with van der Waals surface area (Å²) in [6, 6.07) is 1.10. The summed E-state index contributed by atoms with van der Waals surface area (Å²) in [5.74, 6) is -0.403. The van der Waals surface area contributed by atoms with E-state index in [2.05, 4.69) is 20.5 Å². The molecule has 2 amide bonds. The lowest BCUT2D eigenvalue weighted by Gasteiger charge is -2.27. The van der Waals surface area contributed by atoms with Gasteiger partial charge in [0.25, 0.3) is 0 Å². The second-order valence-corrected chi connectivity index (χ2v) is 8.33. The molecule has 4 rings (SSSR count). The molecule has 1 aliphatic rings. The molecule has 3 aromatic rings. The van der Waals surface area contributed by atoms with Crippen molar-refractivity contribution in [3.8, 4) is 11.9 Å². The molecule has 0 fully saturated rings. The predicted molar refractivity (Wildman–Crippen MR) is 115 cm³/mol. The number of carbonyl (C=O) groups excluding carboxylic acids is 2. The van der Waals surface area contributed by atoms with Crippen LogP contribution in [0.2, 0.25) is 5.02 Å². The number of anilines is 2. The van der Waals surface area contributed by atoms with Crippen LogP contribution in [0.15, 0.2) is 17.8 Å². The molecular weight excluding hydrogens is 440 g/mol. The summed E-state index contributed by atoms with van der Waals surface area (Å²) < 4.78 is 3.19. The minimum absolute atomic E-state index is 0.131. The molecule has 0 saturated heterocycles. The first-order valence-electron chi connectivity index (χ1n) is 9.66. The first-order valence-corrected chi connectivity index (χ1v) is 10.9. The number of hydrogen-bond acceptors (Lipinski definition) is 7. The van der Waals surface area contributed by atoms with Gasteiger partial charge in [0.05, 0.1) is 11.9 Å². The largest absolute Gasteiger partial charge is 0.300 e. The summed E-state index contributed by atoms with van der Waals surface area (Å²) in [6.07, 6.45) is 5.70. The van der Waals surface area contributed by atoms with Crippen LogP contribution < -0.4 is 10.2 Å². The summed E-state index contributed by atoms with van der Waals surface area (Å²) in [7, 11) is 0. The van der Waals surface area contributed by atoms with Crippen molar-refractivity contribution < 1.29 is 9.59 Å². The highest BCUT2D eigenvalue weighted by atomic mass is 35.5. The first kappa shape index (κ1) is 21.0. The molecule has 0 saturated carbocycles. The molecule has 10 nitrogen and oxygen atoms in total. The third kappa shape index (κ3) is 3.80. The van der Waals surface area contributed by atoms with E-state index in [1.807, 2.05) is 10.8 Å². The molecule has 0 aliphatic carbocycles. The number of thiazole rings is 1. The smallest absolute Gasteiger partial charge is 0.249 e. The zero-order chi connectivity index (χ0) is 22.1. The van der Waals surface area contributed by atoms with Crippen molar-refractivity contribution in [1.29, 1.82) is 5.26 Å². The Morgan fingerprint density at radius 2 is 2.23 bits per heavy atom. The van der Waals surface area contributed by atoms with Gasteiger partial charge in [0.1, 0.15) is 22.7 Å². The van der Waals surface area contributed by atoms with E-state index >= 15 is 0 Å². The molecule has 1 unspecified atom stereocenters. The Morgan fingerprint density at radius 1 is 1.42 bits per heavy atom. The van der Waals surface area contributed by atoms with Crippen LogP contribution in [0.5, 0.6) is 0 Å². The molecule has 0 spiro atoms. The lowest BCUT2D eigenvalue weighted by atomic mass is 10.1. The molecule has 12 heteroatoms. The second kappa shape index (κ2) is 8.49. The summed E-state index contributed by atoms with van der Waals surface area (Å²) in [5, 5.41) is 23.8. The Bertz CT molecular complexity index is 1180. The van der Waals surface area contributed by atoms with E-state index in [0.29, 0.717) is 16.0 Å². The Morgan fingerprint density at radius 3 is 2.87 bits per heavy atom. The van der Waals surface area contributed by atoms with Gasteiger partial charge in [0.2, 0.25) is 11.8 Å². The third-order valence-corrected chi connectivity index (χ3v) is 6.15. The van der Waals surface area contributed by atoms with E-state index < -0.39 is 17.9 Å². The number of nitrogens with one attached hydrogen (secondary N) is 1. The number of amides is 2. The highest BCUT2D eigenvalue weighted by Gasteiger charge is 2.33. The number of nitrogens with zero attached hydrogens (tertiary/aromatic N) is 7. The maximum atomic E-state index is 12.8. The number of nitriles is 1. The third-order valence-electron chi connectivity index (χ3n) is 5.07. The van der Waals surface area contributed by atoms with Gasteiger partial charge in [-0.05, 0) is 26.2 Å². The Kier molecular flexibility index (Phi) is 5.75. The summed E-state index contributed by atoms with van der Waals surface area (Å²) in [6.45, 7) is 3.63. The van der Waals surface area contributed by atoms with Crippen LogP contribution in [0.25, 0.3) is 5.82 Å². The van der Waals surface area contributed by atoms with E-state index in [1.165, 1.54) is 34.0 Å². The lowest BCUT2D eigenvalue weighted by Crippen LogP contribution is -2.46. The number of fused-ring (bicyclic) bond motifs is 1. The predicted octanol–water partition coefficient (Wildman–Crippen LogP) is 2.77. The Labute approximate surface area is 187 Å². The van der Waals surface area contributed by atoms with Gasteiger partial charge in [-0.15, -0.1) is 11.3 Å². The number of aromatic nitrogens is 5. The molecule has 160 valence electrons. The van der Waals surface area contributed by atoms with E-state index in [4.69, 9.17) is 11.6 Å². The van der Waals surface area contributed by atoms with Crippen LogP contribution in [-0.4, -0.2) is 42.4 Å². The zero-order valence-electron chi connectivity index (χ0n) is 16.9. The number of halogens is 1. The fourth-order valence-electron chi connectivity index (χ4n) is 3.60. The van der Waals surface area contributed by atoms with Crippen molar-refractivity contribution in [1.82, 2.24) is 24.5 Å². The summed E-state index contributed by atoms with van der Waals surface area (Å²) >= 11 is 7.87. The average Bonchev–Trinajstić information content (AvgIpc) is 3.48. The topological polar surface area (TPSA) is 122 Å². The number of aryl methyl sites for hydroxylation is 1. The van der Waals surface area contributed by atoms with Gasteiger partial charge in [-0.25, -0.2) is 4.98 Å². The summed E-state index contributed by atoms with van der Waals surface area (Å²) in [4.78, 5) is 30.7. The normalized spacial score (nSPS) is 13.9. The van der Waals surface area contributed by atoms with Crippen LogP contribution in [0.3, 0.4) is 0 Å². The highest BCUT2D eigenvalue weighted by Crippen LogP contribution is 2.33. The maximum Gasteiger partial charge on any atom is 0.249 e. The van der Waals surface area contributed by atoms with Gasteiger partial charge in [-0.1, -0.05) is 11.6 Å². The van der Waals surface area contributed by atoms with Crippen LogP contribution in [-0.2, 0) is 22.6 Å². The monoisotopic (exact) mass is 458 g/mol. The van der Waals surface area contributed by atoms with Gasteiger partial charge >= 0.3 is 0 Å². The Balaban J connectivity index is 1.77. The zero-order valence-corrected chi connectivity index (χ0v) is 18.4. The van der Waals surface area contributed by atoms with Gasteiger partial charge in [-0.2, -0.15) is 20.1 Å².